The molecule has 0 heterocycles. The van der Waals surface area contributed by atoms with Gasteiger partial charge in [0.15, 0.2) is 0 Å². The van der Waals surface area contributed by atoms with Crippen LogP contribution in [0.4, 0.5) is 5.69 Å². The lowest BCUT2D eigenvalue weighted by Gasteiger charge is -2.16. The van der Waals surface area contributed by atoms with Gasteiger partial charge < -0.3 is 10.6 Å². The molecule has 0 aliphatic heterocycles. The molecule has 0 saturated carbocycles. The highest BCUT2D eigenvalue weighted by Gasteiger charge is 2.09. The molecule has 3 aromatic carbocycles. The summed E-state index contributed by atoms with van der Waals surface area (Å²) < 4.78 is 0. The first-order chi connectivity index (χ1) is 12.6. The third-order valence-electron chi connectivity index (χ3n) is 4.23. The van der Waals surface area contributed by atoms with Crippen LogP contribution >= 0.6 is 11.6 Å². The second-order valence-corrected chi connectivity index (χ2v) is 6.55. The number of nitrogens with one attached hydrogen (secondary N) is 2. The van der Waals surface area contributed by atoms with Crippen molar-refractivity contribution >= 4 is 23.2 Å². The molecule has 0 aliphatic rings. The summed E-state index contributed by atoms with van der Waals surface area (Å²) in [6.07, 6.45) is 0. The Labute approximate surface area is 159 Å². The summed E-state index contributed by atoms with van der Waals surface area (Å²) in [6.45, 7) is 2.79. The highest BCUT2D eigenvalue weighted by molar-refractivity contribution is 6.31. The Bertz CT molecular complexity index is 863. The maximum atomic E-state index is 12.3. The predicted octanol–water partition coefficient (Wildman–Crippen LogP) is 5.44. The van der Waals surface area contributed by atoms with Crippen LogP contribution in [0.5, 0.6) is 0 Å². The van der Waals surface area contributed by atoms with Crippen LogP contribution in [-0.4, -0.2) is 5.91 Å². The lowest BCUT2D eigenvalue weighted by Crippen LogP contribution is -2.18. The molecular weight excluding hydrogens is 344 g/mol. The second kappa shape index (κ2) is 8.65. The average Bonchev–Trinajstić information content (AvgIpc) is 2.67. The van der Waals surface area contributed by atoms with Crippen molar-refractivity contribution in [3.8, 4) is 0 Å². The van der Waals surface area contributed by atoms with E-state index in [9.17, 15) is 4.79 Å². The van der Waals surface area contributed by atoms with Crippen molar-refractivity contribution in [2.75, 3.05) is 5.32 Å². The van der Waals surface area contributed by atoms with Crippen LogP contribution in [0, 0.1) is 0 Å². The summed E-state index contributed by atoms with van der Waals surface area (Å²) in [7, 11) is 0. The van der Waals surface area contributed by atoms with Crippen molar-refractivity contribution < 1.29 is 4.79 Å². The number of hydrogen-bond donors (Lipinski definition) is 2. The van der Waals surface area contributed by atoms with Gasteiger partial charge in [-0.15, -0.1) is 0 Å². The van der Waals surface area contributed by atoms with Crippen molar-refractivity contribution in [3.63, 3.8) is 0 Å². The molecule has 3 nitrogen and oxygen atoms in total. The first-order valence-corrected chi connectivity index (χ1v) is 8.94. The fourth-order valence-corrected chi connectivity index (χ4v) is 3.01. The summed E-state index contributed by atoms with van der Waals surface area (Å²) in [5, 5.41) is 7.11. The number of para-hydroxylation sites is 1. The number of carbonyl (C=O) groups excluding carboxylic acids is 1. The van der Waals surface area contributed by atoms with Crippen molar-refractivity contribution in [1.29, 1.82) is 0 Å². The SMILES string of the molecule is C[C@@H](NCc1ccc(C(=O)Nc2ccccc2)cc1)c1ccccc1Cl. The van der Waals surface area contributed by atoms with Crippen LogP contribution in [0.25, 0.3) is 0 Å². The predicted molar refractivity (Wildman–Crippen MR) is 108 cm³/mol. The van der Waals surface area contributed by atoms with Crippen LogP contribution in [0.3, 0.4) is 0 Å². The first kappa shape index (κ1) is 18.2. The fraction of sp³-hybridized carbons (Fsp3) is 0.136. The molecule has 132 valence electrons. The molecule has 3 aromatic rings. The van der Waals surface area contributed by atoms with Gasteiger partial charge in [0, 0.05) is 28.9 Å². The molecule has 0 unspecified atom stereocenters. The smallest absolute Gasteiger partial charge is 0.255 e. The monoisotopic (exact) mass is 364 g/mol. The lowest BCUT2D eigenvalue weighted by atomic mass is 10.1. The van der Waals surface area contributed by atoms with Gasteiger partial charge in [-0.1, -0.05) is 60.1 Å². The zero-order chi connectivity index (χ0) is 18.4. The highest BCUT2D eigenvalue weighted by atomic mass is 35.5. The lowest BCUT2D eigenvalue weighted by molar-refractivity contribution is 0.102. The van der Waals surface area contributed by atoms with E-state index >= 15 is 0 Å². The van der Waals surface area contributed by atoms with Crippen LogP contribution in [-0.2, 0) is 6.54 Å². The Morgan fingerprint density at radius 3 is 2.27 bits per heavy atom. The molecule has 0 spiro atoms. The maximum absolute atomic E-state index is 12.3. The van der Waals surface area contributed by atoms with Crippen molar-refractivity contribution in [3.05, 3.63) is 101 Å². The first-order valence-electron chi connectivity index (χ1n) is 8.56. The summed E-state index contributed by atoms with van der Waals surface area (Å²) in [6, 6.07) is 25.0. The van der Waals surface area contributed by atoms with Gasteiger partial charge in [-0.05, 0) is 48.4 Å². The number of rotatable bonds is 6. The number of anilines is 1. The van der Waals surface area contributed by atoms with Gasteiger partial charge in [0.2, 0.25) is 0 Å². The molecular formula is C22H21ClN2O. The van der Waals surface area contributed by atoms with Crippen LogP contribution in [0.1, 0.15) is 34.5 Å². The van der Waals surface area contributed by atoms with E-state index in [4.69, 9.17) is 11.6 Å². The summed E-state index contributed by atoms with van der Waals surface area (Å²) in [5.41, 5.74) is 3.61. The van der Waals surface area contributed by atoms with Gasteiger partial charge in [0.25, 0.3) is 5.91 Å². The molecule has 0 radical (unpaired) electrons. The molecule has 0 aromatic heterocycles. The van der Waals surface area contributed by atoms with Crippen molar-refractivity contribution in [2.24, 2.45) is 0 Å². The molecule has 2 N–H and O–H groups in total. The summed E-state index contributed by atoms with van der Waals surface area (Å²) >= 11 is 6.24. The van der Waals surface area contributed by atoms with E-state index in [2.05, 4.69) is 17.6 Å². The van der Waals surface area contributed by atoms with Gasteiger partial charge in [-0.3, -0.25) is 4.79 Å². The minimum absolute atomic E-state index is 0.111. The molecule has 0 saturated heterocycles. The molecule has 0 aliphatic carbocycles. The molecule has 0 fully saturated rings. The van der Waals surface area contributed by atoms with Gasteiger partial charge >= 0.3 is 0 Å². The molecule has 0 bridgehead atoms. The molecule has 4 heteroatoms. The quantitative estimate of drug-likeness (QED) is 0.611. The number of benzene rings is 3. The topological polar surface area (TPSA) is 41.1 Å². The van der Waals surface area contributed by atoms with E-state index in [1.807, 2.05) is 78.9 Å². The Morgan fingerprint density at radius 2 is 1.58 bits per heavy atom. The molecule has 1 amide bonds. The molecule has 1 atom stereocenters. The number of carbonyl (C=O) groups is 1. The van der Waals surface area contributed by atoms with Gasteiger partial charge in [-0.25, -0.2) is 0 Å². The average molecular weight is 365 g/mol. The summed E-state index contributed by atoms with van der Waals surface area (Å²) in [4.78, 5) is 12.3. The highest BCUT2D eigenvalue weighted by Crippen LogP contribution is 2.22. The number of hydrogen-bond acceptors (Lipinski definition) is 2. The summed E-state index contributed by atoms with van der Waals surface area (Å²) in [5.74, 6) is -0.111. The van der Waals surface area contributed by atoms with Crippen molar-refractivity contribution in [2.45, 2.75) is 19.5 Å². The fourth-order valence-electron chi connectivity index (χ4n) is 2.71. The Hall–Kier alpha value is -2.62. The van der Waals surface area contributed by atoms with Crippen molar-refractivity contribution in [1.82, 2.24) is 5.32 Å². The third-order valence-corrected chi connectivity index (χ3v) is 4.58. The van der Waals surface area contributed by atoms with E-state index in [0.717, 1.165) is 21.8 Å². The standard InChI is InChI=1S/C22H21ClN2O/c1-16(20-9-5-6-10-21(20)23)24-15-17-11-13-18(14-12-17)22(26)25-19-7-3-2-4-8-19/h2-14,16,24H,15H2,1H3,(H,25,26)/t16-/m1/s1. The number of amides is 1. The normalized spacial score (nSPS) is 11.8. The van der Waals surface area contributed by atoms with E-state index in [0.29, 0.717) is 12.1 Å². The molecule has 26 heavy (non-hydrogen) atoms. The maximum Gasteiger partial charge on any atom is 0.255 e. The Balaban J connectivity index is 1.57. The Morgan fingerprint density at radius 1 is 0.923 bits per heavy atom. The van der Waals surface area contributed by atoms with Crippen LogP contribution < -0.4 is 10.6 Å². The minimum atomic E-state index is -0.111. The van der Waals surface area contributed by atoms with Gasteiger partial charge in [-0.2, -0.15) is 0 Å². The third kappa shape index (κ3) is 4.72. The van der Waals surface area contributed by atoms with Gasteiger partial charge in [0.1, 0.15) is 0 Å². The zero-order valence-corrected chi connectivity index (χ0v) is 15.3. The minimum Gasteiger partial charge on any atom is -0.322 e. The van der Waals surface area contributed by atoms with Gasteiger partial charge in [0.05, 0.1) is 0 Å². The Kier molecular flexibility index (Phi) is 6.05. The van der Waals surface area contributed by atoms with E-state index in [-0.39, 0.29) is 11.9 Å². The number of halogens is 1. The van der Waals surface area contributed by atoms with E-state index < -0.39 is 0 Å². The van der Waals surface area contributed by atoms with Crippen LogP contribution in [0.2, 0.25) is 5.02 Å². The van der Waals surface area contributed by atoms with E-state index in [1.165, 1.54) is 0 Å². The largest absolute Gasteiger partial charge is 0.322 e. The second-order valence-electron chi connectivity index (χ2n) is 6.14. The van der Waals surface area contributed by atoms with E-state index in [1.54, 1.807) is 0 Å². The zero-order valence-electron chi connectivity index (χ0n) is 14.6. The molecule has 3 rings (SSSR count). The van der Waals surface area contributed by atoms with Crippen LogP contribution in [0.15, 0.2) is 78.9 Å².